The first-order chi connectivity index (χ1) is 15.6. The first kappa shape index (κ1) is 21.2. The second-order valence-electron chi connectivity index (χ2n) is 8.86. The molecule has 6 nitrogen and oxygen atoms in total. The van der Waals surface area contributed by atoms with Gasteiger partial charge in [-0.05, 0) is 68.4 Å². The highest BCUT2D eigenvalue weighted by Crippen LogP contribution is 2.38. The number of hydrogen-bond donors (Lipinski definition) is 2. The van der Waals surface area contributed by atoms with Crippen molar-refractivity contribution in [3.05, 3.63) is 47.4 Å². The number of fused-ring (bicyclic) bond motifs is 1. The molecule has 0 bridgehead atoms. The second kappa shape index (κ2) is 8.68. The fourth-order valence-corrected chi connectivity index (χ4v) is 5.99. The SMILES string of the molecule is C#Cc1ccc(N2CC=C(c3nc4c(c(NC5(CO)CCC5)n3)S(=O)CCC4)CC2)cc1. The summed E-state index contributed by atoms with van der Waals surface area (Å²) in [6.07, 6.45) is 13.1. The third kappa shape index (κ3) is 3.94. The summed E-state index contributed by atoms with van der Waals surface area (Å²) in [5.74, 6) is 4.68. The van der Waals surface area contributed by atoms with Crippen LogP contribution in [0.5, 0.6) is 0 Å². The van der Waals surface area contributed by atoms with Crippen molar-refractivity contribution in [2.24, 2.45) is 0 Å². The van der Waals surface area contributed by atoms with Gasteiger partial charge in [-0.2, -0.15) is 0 Å². The molecule has 0 saturated heterocycles. The van der Waals surface area contributed by atoms with Crippen molar-refractivity contribution in [1.82, 2.24) is 9.97 Å². The summed E-state index contributed by atoms with van der Waals surface area (Å²) in [6, 6.07) is 8.06. The summed E-state index contributed by atoms with van der Waals surface area (Å²) in [7, 11) is -1.10. The number of aromatic nitrogens is 2. The first-order valence-corrected chi connectivity index (χ1v) is 12.6. The van der Waals surface area contributed by atoms with E-state index in [9.17, 15) is 9.32 Å². The summed E-state index contributed by atoms with van der Waals surface area (Å²) < 4.78 is 12.8. The summed E-state index contributed by atoms with van der Waals surface area (Å²) in [5.41, 5.74) is 3.70. The van der Waals surface area contributed by atoms with Gasteiger partial charge in [-0.25, -0.2) is 9.97 Å². The van der Waals surface area contributed by atoms with Gasteiger partial charge in [0.15, 0.2) is 5.82 Å². The molecule has 1 aromatic heterocycles. The van der Waals surface area contributed by atoms with Crippen LogP contribution in [0.1, 0.15) is 49.2 Å². The number of benzene rings is 1. The van der Waals surface area contributed by atoms with Crippen LogP contribution in [-0.2, 0) is 17.2 Å². The van der Waals surface area contributed by atoms with Crippen LogP contribution in [0.3, 0.4) is 0 Å². The van der Waals surface area contributed by atoms with Crippen molar-refractivity contribution in [1.29, 1.82) is 0 Å². The van der Waals surface area contributed by atoms with Crippen LogP contribution in [0.4, 0.5) is 11.5 Å². The molecule has 1 atom stereocenters. The number of nitrogens with one attached hydrogen (secondary N) is 1. The van der Waals surface area contributed by atoms with Gasteiger partial charge in [0.2, 0.25) is 0 Å². The predicted octanol–water partition coefficient (Wildman–Crippen LogP) is 3.13. The van der Waals surface area contributed by atoms with Gasteiger partial charge in [-0.15, -0.1) is 6.42 Å². The van der Waals surface area contributed by atoms with Crippen LogP contribution in [0.25, 0.3) is 5.57 Å². The molecule has 1 saturated carbocycles. The molecule has 7 heteroatoms. The highest BCUT2D eigenvalue weighted by molar-refractivity contribution is 7.85. The highest BCUT2D eigenvalue weighted by Gasteiger charge is 2.38. The van der Waals surface area contributed by atoms with E-state index in [4.69, 9.17) is 16.4 Å². The van der Waals surface area contributed by atoms with Gasteiger partial charge in [0.1, 0.15) is 10.7 Å². The maximum absolute atomic E-state index is 12.8. The Labute approximate surface area is 191 Å². The maximum Gasteiger partial charge on any atom is 0.157 e. The molecule has 2 aliphatic heterocycles. The van der Waals surface area contributed by atoms with Crippen molar-refractivity contribution >= 4 is 27.9 Å². The van der Waals surface area contributed by atoms with Crippen LogP contribution in [-0.4, -0.2) is 50.3 Å². The topological polar surface area (TPSA) is 78.3 Å². The van der Waals surface area contributed by atoms with Crippen molar-refractivity contribution in [3.8, 4) is 12.3 Å². The van der Waals surface area contributed by atoms with Crippen molar-refractivity contribution in [2.45, 2.75) is 49.0 Å². The van der Waals surface area contributed by atoms with Crippen LogP contribution in [0, 0.1) is 12.3 Å². The van der Waals surface area contributed by atoms with E-state index in [0.717, 1.165) is 84.9 Å². The van der Waals surface area contributed by atoms with Gasteiger partial charge in [0.05, 0.1) is 28.6 Å². The van der Waals surface area contributed by atoms with Crippen LogP contribution in [0.2, 0.25) is 0 Å². The number of aliphatic hydroxyl groups is 1. The average Bonchev–Trinajstić information content (AvgIpc) is 2.81. The lowest BCUT2D eigenvalue weighted by Gasteiger charge is -2.42. The number of nitrogens with zero attached hydrogens (tertiary/aromatic N) is 3. The largest absolute Gasteiger partial charge is 0.394 e. The number of aryl methyl sites for hydroxylation is 1. The number of anilines is 2. The van der Waals surface area contributed by atoms with Crippen molar-refractivity contribution in [3.63, 3.8) is 0 Å². The molecule has 3 aliphatic rings. The zero-order chi connectivity index (χ0) is 22.1. The third-order valence-corrected chi connectivity index (χ3v) is 8.34. The third-order valence-electron chi connectivity index (χ3n) is 6.80. The molecule has 2 N–H and O–H groups in total. The molecular formula is C25H28N4O2S. The second-order valence-corrected chi connectivity index (χ2v) is 10.4. The molecular weight excluding hydrogens is 420 g/mol. The Morgan fingerprint density at radius 1 is 1.19 bits per heavy atom. The first-order valence-electron chi connectivity index (χ1n) is 11.3. The Balaban J connectivity index is 1.43. The quantitative estimate of drug-likeness (QED) is 0.685. The molecule has 1 fully saturated rings. The van der Waals surface area contributed by atoms with E-state index in [-0.39, 0.29) is 12.1 Å². The minimum Gasteiger partial charge on any atom is -0.394 e. The standard InChI is InChI=1S/C25H28N4O2S/c1-2-18-6-8-20(9-7-18)29-14-10-19(11-15-29)23-26-21-5-3-16-32(31)22(21)24(27-23)28-25(17-30)12-4-13-25/h1,6-10,30H,3-5,11-17H2,(H,26,27,28). The number of hydrogen-bond acceptors (Lipinski definition) is 6. The summed E-state index contributed by atoms with van der Waals surface area (Å²) in [6.45, 7) is 1.71. The number of terminal acetylenes is 1. The van der Waals surface area contributed by atoms with Gasteiger partial charge in [0.25, 0.3) is 0 Å². The van der Waals surface area contributed by atoms with E-state index in [0.29, 0.717) is 11.6 Å². The Bertz CT molecular complexity index is 1110. The fraction of sp³-hybridized carbons (Fsp3) is 0.440. The monoisotopic (exact) mass is 448 g/mol. The van der Waals surface area contributed by atoms with Gasteiger partial charge in [0, 0.05) is 30.1 Å². The van der Waals surface area contributed by atoms with Gasteiger partial charge >= 0.3 is 0 Å². The molecule has 5 rings (SSSR count). The predicted molar refractivity (Wildman–Crippen MR) is 128 cm³/mol. The zero-order valence-corrected chi connectivity index (χ0v) is 19.0. The van der Waals surface area contributed by atoms with E-state index in [2.05, 4.69) is 34.3 Å². The minimum atomic E-state index is -1.10. The molecule has 32 heavy (non-hydrogen) atoms. The molecule has 0 spiro atoms. The fourth-order valence-electron chi connectivity index (χ4n) is 4.66. The Morgan fingerprint density at radius 3 is 2.62 bits per heavy atom. The molecule has 3 heterocycles. The number of rotatable bonds is 5. The highest BCUT2D eigenvalue weighted by atomic mass is 32.2. The van der Waals surface area contributed by atoms with Gasteiger partial charge in [-0.1, -0.05) is 12.0 Å². The maximum atomic E-state index is 12.8. The Morgan fingerprint density at radius 2 is 2.00 bits per heavy atom. The van der Waals surface area contributed by atoms with E-state index in [1.807, 2.05) is 12.1 Å². The summed E-state index contributed by atoms with van der Waals surface area (Å²) in [4.78, 5) is 12.8. The van der Waals surface area contributed by atoms with Crippen LogP contribution in [0.15, 0.2) is 35.2 Å². The molecule has 2 aromatic rings. The van der Waals surface area contributed by atoms with E-state index in [1.165, 1.54) is 0 Å². The zero-order valence-electron chi connectivity index (χ0n) is 18.1. The minimum absolute atomic E-state index is 0.0594. The Kier molecular flexibility index (Phi) is 5.75. The van der Waals surface area contributed by atoms with Crippen LogP contribution >= 0.6 is 0 Å². The molecule has 0 radical (unpaired) electrons. The van der Waals surface area contributed by atoms with E-state index in [1.54, 1.807) is 0 Å². The average molecular weight is 449 g/mol. The van der Waals surface area contributed by atoms with Gasteiger partial charge in [-0.3, -0.25) is 4.21 Å². The van der Waals surface area contributed by atoms with E-state index >= 15 is 0 Å². The molecule has 0 amide bonds. The van der Waals surface area contributed by atoms with E-state index < -0.39 is 10.8 Å². The van der Waals surface area contributed by atoms with Crippen molar-refractivity contribution in [2.75, 3.05) is 35.7 Å². The lowest BCUT2D eigenvalue weighted by atomic mass is 9.77. The lowest BCUT2D eigenvalue weighted by Crippen LogP contribution is -2.49. The molecule has 1 aliphatic carbocycles. The smallest absolute Gasteiger partial charge is 0.157 e. The van der Waals surface area contributed by atoms with Crippen molar-refractivity contribution < 1.29 is 9.32 Å². The summed E-state index contributed by atoms with van der Waals surface area (Å²) in [5, 5.41) is 13.4. The molecule has 1 unspecified atom stereocenters. The number of aliphatic hydroxyl groups excluding tert-OH is 1. The summed E-state index contributed by atoms with van der Waals surface area (Å²) >= 11 is 0. The van der Waals surface area contributed by atoms with Gasteiger partial charge < -0.3 is 15.3 Å². The van der Waals surface area contributed by atoms with Crippen LogP contribution < -0.4 is 10.2 Å². The lowest BCUT2D eigenvalue weighted by molar-refractivity contribution is 0.143. The molecule has 1 aromatic carbocycles. The molecule has 166 valence electrons. The normalized spacial score (nSPS) is 21.7. The Hall–Kier alpha value is -2.69.